The zero-order chi connectivity index (χ0) is 10.1. The van der Waals surface area contributed by atoms with Gasteiger partial charge in [0.1, 0.15) is 5.69 Å². The zero-order valence-corrected chi connectivity index (χ0v) is 7.78. The van der Waals surface area contributed by atoms with Crippen LogP contribution in [0.3, 0.4) is 0 Å². The maximum absolute atomic E-state index is 11.1. The highest BCUT2D eigenvalue weighted by atomic mass is 16.1. The Morgan fingerprint density at radius 1 is 1.50 bits per heavy atom. The molecule has 3 nitrogen and oxygen atoms in total. The first-order chi connectivity index (χ1) is 6.70. The van der Waals surface area contributed by atoms with Gasteiger partial charge in [-0.15, -0.1) is 0 Å². The van der Waals surface area contributed by atoms with Gasteiger partial charge in [-0.05, 0) is 24.6 Å². The molecule has 0 atom stereocenters. The van der Waals surface area contributed by atoms with Gasteiger partial charge in [0.05, 0.1) is 5.35 Å². The van der Waals surface area contributed by atoms with E-state index in [2.05, 4.69) is 4.98 Å². The van der Waals surface area contributed by atoms with Crippen molar-refractivity contribution in [3.8, 4) is 0 Å². The number of Topliss-reactive ketones (excluding diaryl/α,β-unsaturated/α-hetero) is 1. The lowest BCUT2D eigenvalue weighted by Crippen LogP contribution is -2.33. The standard InChI is InChI=1S/C11H9NO2/c1-7-4-8-5-9(14)2-3-10(8)12-11(7)6-13/h3-6H,2H2,1H3. The molecule has 70 valence electrons. The van der Waals surface area contributed by atoms with Crippen LogP contribution in [-0.4, -0.2) is 17.1 Å². The molecular weight excluding hydrogens is 178 g/mol. The number of ketones is 1. The van der Waals surface area contributed by atoms with Crippen LogP contribution >= 0.6 is 0 Å². The van der Waals surface area contributed by atoms with Gasteiger partial charge in [-0.25, -0.2) is 4.98 Å². The van der Waals surface area contributed by atoms with Crippen molar-refractivity contribution in [1.82, 2.24) is 4.98 Å². The highest BCUT2D eigenvalue weighted by Crippen LogP contribution is 1.96. The predicted molar refractivity (Wildman–Crippen MR) is 52.2 cm³/mol. The predicted octanol–water partition coefficient (Wildman–Crippen LogP) is -0.264. The first kappa shape index (κ1) is 8.81. The number of hydrogen-bond donors (Lipinski definition) is 0. The third-order valence-corrected chi connectivity index (χ3v) is 2.24. The lowest BCUT2D eigenvalue weighted by molar-refractivity contribution is -0.112. The summed E-state index contributed by atoms with van der Waals surface area (Å²) in [7, 11) is 0. The van der Waals surface area contributed by atoms with E-state index in [-0.39, 0.29) is 5.78 Å². The third-order valence-electron chi connectivity index (χ3n) is 2.24. The minimum atomic E-state index is 0.0811. The largest absolute Gasteiger partial charge is 0.296 e. The van der Waals surface area contributed by atoms with Gasteiger partial charge >= 0.3 is 0 Å². The molecule has 0 saturated carbocycles. The van der Waals surface area contributed by atoms with E-state index in [1.807, 2.05) is 13.0 Å². The molecule has 1 aliphatic rings. The number of nitrogens with zero attached hydrogens (tertiary/aromatic N) is 1. The molecule has 0 aromatic carbocycles. The summed E-state index contributed by atoms with van der Waals surface area (Å²) >= 11 is 0. The van der Waals surface area contributed by atoms with Crippen LogP contribution in [0.25, 0.3) is 12.2 Å². The Hall–Kier alpha value is -1.77. The molecule has 0 unspecified atom stereocenters. The Labute approximate surface area is 80.8 Å². The van der Waals surface area contributed by atoms with Gasteiger partial charge in [-0.1, -0.05) is 6.08 Å². The molecule has 1 aromatic rings. The number of aromatic nitrogens is 1. The van der Waals surface area contributed by atoms with E-state index < -0.39 is 0 Å². The molecule has 1 aromatic heterocycles. The van der Waals surface area contributed by atoms with Gasteiger partial charge in [0.2, 0.25) is 0 Å². The molecule has 0 fully saturated rings. The fraction of sp³-hybridized carbons (Fsp3) is 0.182. The van der Waals surface area contributed by atoms with Crippen LogP contribution in [0.5, 0.6) is 0 Å². The summed E-state index contributed by atoms with van der Waals surface area (Å²) in [6.07, 6.45) is 4.44. The van der Waals surface area contributed by atoms with Gasteiger partial charge in [-0.2, -0.15) is 0 Å². The summed E-state index contributed by atoms with van der Waals surface area (Å²) in [6.45, 7) is 1.81. The van der Waals surface area contributed by atoms with Crippen molar-refractivity contribution in [2.45, 2.75) is 13.3 Å². The molecule has 0 N–H and O–H groups in total. The molecule has 3 heteroatoms. The van der Waals surface area contributed by atoms with E-state index in [0.29, 0.717) is 12.1 Å². The number of aldehydes is 1. The maximum Gasteiger partial charge on any atom is 0.168 e. The Morgan fingerprint density at radius 2 is 2.29 bits per heavy atom. The number of hydrogen-bond acceptors (Lipinski definition) is 3. The molecular formula is C11H9NO2. The van der Waals surface area contributed by atoms with Crippen molar-refractivity contribution in [2.24, 2.45) is 0 Å². The Balaban J connectivity index is 2.80. The summed E-state index contributed by atoms with van der Waals surface area (Å²) in [5.41, 5.74) is 1.25. The van der Waals surface area contributed by atoms with Gasteiger partial charge in [0.15, 0.2) is 12.1 Å². The highest BCUT2D eigenvalue weighted by molar-refractivity contribution is 6.09. The molecule has 1 aliphatic carbocycles. The minimum Gasteiger partial charge on any atom is -0.296 e. The molecule has 0 radical (unpaired) electrons. The summed E-state index contributed by atoms with van der Waals surface area (Å²) in [5.74, 6) is 0.0811. The monoisotopic (exact) mass is 187 g/mol. The fourth-order valence-corrected chi connectivity index (χ4v) is 1.49. The molecule has 14 heavy (non-hydrogen) atoms. The van der Waals surface area contributed by atoms with Gasteiger partial charge in [0, 0.05) is 11.6 Å². The molecule has 0 amide bonds. The van der Waals surface area contributed by atoms with Crippen LogP contribution in [0, 0.1) is 6.92 Å². The lowest BCUT2D eigenvalue weighted by Gasteiger charge is -2.01. The van der Waals surface area contributed by atoms with E-state index in [1.165, 1.54) is 0 Å². The van der Waals surface area contributed by atoms with Crippen molar-refractivity contribution in [3.63, 3.8) is 0 Å². The van der Waals surface area contributed by atoms with E-state index in [4.69, 9.17) is 0 Å². The number of carbonyl (C=O) groups is 2. The van der Waals surface area contributed by atoms with E-state index in [9.17, 15) is 9.59 Å². The number of aryl methyl sites for hydroxylation is 1. The Kier molecular flexibility index (Phi) is 2.00. The van der Waals surface area contributed by atoms with Crippen molar-refractivity contribution in [2.75, 3.05) is 0 Å². The van der Waals surface area contributed by atoms with Crippen molar-refractivity contribution in [1.29, 1.82) is 0 Å². The Bertz CT molecular complexity index is 529. The van der Waals surface area contributed by atoms with E-state index >= 15 is 0 Å². The van der Waals surface area contributed by atoms with Gasteiger partial charge < -0.3 is 0 Å². The second-order valence-corrected chi connectivity index (χ2v) is 3.30. The van der Waals surface area contributed by atoms with Crippen LogP contribution in [0.1, 0.15) is 22.5 Å². The first-order valence-corrected chi connectivity index (χ1v) is 4.38. The van der Waals surface area contributed by atoms with Crippen LogP contribution in [-0.2, 0) is 4.79 Å². The molecule has 1 heterocycles. The van der Waals surface area contributed by atoms with Crippen molar-refractivity contribution < 1.29 is 9.59 Å². The van der Waals surface area contributed by atoms with E-state index in [1.54, 1.807) is 12.2 Å². The zero-order valence-electron chi connectivity index (χ0n) is 7.78. The number of carbonyl (C=O) groups excluding carboxylic acids is 2. The van der Waals surface area contributed by atoms with Crippen LogP contribution in [0.4, 0.5) is 0 Å². The summed E-state index contributed by atoms with van der Waals surface area (Å²) in [4.78, 5) is 25.9. The molecule has 2 rings (SSSR count). The first-order valence-electron chi connectivity index (χ1n) is 4.38. The quantitative estimate of drug-likeness (QED) is 0.569. The second kappa shape index (κ2) is 3.18. The minimum absolute atomic E-state index is 0.0811. The van der Waals surface area contributed by atoms with E-state index in [0.717, 1.165) is 22.4 Å². The highest BCUT2D eigenvalue weighted by Gasteiger charge is 2.05. The SMILES string of the molecule is Cc1cc2c(nc1C=O)=CCC(=O)C=2. The number of pyridine rings is 1. The lowest BCUT2D eigenvalue weighted by atomic mass is 10.1. The van der Waals surface area contributed by atoms with Crippen molar-refractivity contribution in [3.05, 3.63) is 27.9 Å². The smallest absolute Gasteiger partial charge is 0.168 e. The normalized spacial score (nSPS) is 13.9. The van der Waals surface area contributed by atoms with Gasteiger partial charge in [0.25, 0.3) is 0 Å². The molecule has 0 aliphatic heterocycles. The average molecular weight is 187 g/mol. The average Bonchev–Trinajstić information content (AvgIpc) is 2.16. The van der Waals surface area contributed by atoms with Gasteiger partial charge in [-0.3, -0.25) is 9.59 Å². The van der Waals surface area contributed by atoms with Crippen LogP contribution < -0.4 is 10.6 Å². The third kappa shape index (κ3) is 1.37. The number of fused-ring (bicyclic) bond motifs is 1. The summed E-state index contributed by atoms with van der Waals surface area (Å²) in [6, 6.07) is 1.82. The number of rotatable bonds is 1. The molecule has 0 saturated heterocycles. The Morgan fingerprint density at radius 3 is 3.00 bits per heavy atom. The maximum atomic E-state index is 11.1. The molecule has 0 spiro atoms. The molecule has 0 bridgehead atoms. The topological polar surface area (TPSA) is 47.0 Å². The van der Waals surface area contributed by atoms with Crippen LogP contribution in [0.15, 0.2) is 6.07 Å². The fourth-order valence-electron chi connectivity index (χ4n) is 1.49. The van der Waals surface area contributed by atoms with Crippen molar-refractivity contribution >= 4 is 24.2 Å². The van der Waals surface area contributed by atoms with Crippen LogP contribution in [0.2, 0.25) is 0 Å². The summed E-state index contributed by atoms with van der Waals surface area (Å²) in [5, 5.41) is 1.54. The summed E-state index contributed by atoms with van der Waals surface area (Å²) < 4.78 is 0. The second-order valence-electron chi connectivity index (χ2n) is 3.30.